The lowest BCUT2D eigenvalue weighted by molar-refractivity contribution is -0.117. The van der Waals surface area contributed by atoms with Gasteiger partial charge in [-0.05, 0) is 43.0 Å². The average Bonchev–Trinajstić information content (AvgIpc) is 3.43. The maximum Gasteiger partial charge on any atom is 0.227 e. The number of aromatic nitrogens is 1. The number of rotatable bonds is 6. The van der Waals surface area contributed by atoms with E-state index in [-0.39, 0.29) is 17.9 Å². The first-order valence-corrected chi connectivity index (χ1v) is 9.69. The third kappa shape index (κ3) is 3.94. The summed E-state index contributed by atoms with van der Waals surface area (Å²) in [4.78, 5) is 17.5. The number of benzene rings is 2. The third-order valence-electron chi connectivity index (χ3n) is 4.53. The standard InChI is InChI=1S/C21H21N3OS/c1-14(15-9-11-18(12-10-15)24-20(25)17-7-8-17)23-21-22-13-19(26-21)16-5-3-2-4-6-16/h2-6,9-14,17H,7-8H2,1H3,(H,22,23)(H,24,25). The summed E-state index contributed by atoms with van der Waals surface area (Å²) >= 11 is 1.65. The third-order valence-corrected chi connectivity index (χ3v) is 5.51. The molecule has 4 nitrogen and oxygen atoms in total. The highest BCUT2D eigenvalue weighted by atomic mass is 32.1. The number of nitrogens with one attached hydrogen (secondary N) is 2. The first kappa shape index (κ1) is 16.8. The van der Waals surface area contributed by atoms with E-state index in [1.54, 1.807) is 11.3 Å². The topological polar surface area (TPSA) is 54.0 Å². The molecule has 1 aromatic heterocycles. The quantitative estimate of drug-likeness (QED) is 0.622. The Hall–Kier alpha value is -2.66. The molecular formula is C21H21N3OS. The smallest absolute Gasteiger partial charge is 0.227 e. The molecule has 26 heavy (non-hydrogen) atoms. The minimum atomic E-state index is 0.137. The number of carbonyl (C=O) groups is 1. The zero-order valence-electron chi connectivity index (χ0n) is 14.6. The van der Waals surface area contributed by atoms with Crippen LogP contribution in [0.25, 0.3) is 10.4 Å². The van der Waals surface area contributed by atoms with Crippen LogP contribution in [-0.2, 0) is 4.79 Å². The van der Waals surface area contributed by atoms with Gasteiger partial charge in [-0.15, -0.1) is 0 Å². The van der Waals surface area contributed by atoms with Crippen molar-refractivity contribution in [2.75, 3.05) is 10.6 Å². The molecule has 4 rings (SSSR count). The van der Waals surface area contributed by atoms with E-state index in [9.17, 15) is 4.79 Å². The maximum absolute atomic E-state index is 11.8. The number of carbonyl (C=O) groups excluding carboxylic acids is 1. The monoisotopic (exact) mass is 363 g/mol. The summed E-state index contributed by atoms with van der Waals surface area (Å²) < 4.78 is 0. The van der Waals surface area contributed by atoms with Crippen LogP contribution in [0.1, 0.15) is 31.4 Å². The molecule has 5 heteroatoms. The van der Waals surface area contributed by atoms with E-state index >= 15 is 0 Å². The predicted molar refractivity (Wildman–Crippen MR) is 107 cm³/mol. The zero-order valence-corrected chi connectivity index (χ0v) is 15.4. The van der Waals surface area contributed by atoms with Crippen molar-refractivity contribution >= 4 is 28.1 Å². The lowest BCUT2D eigenvalue weighted by Crippen LogP contribution is -2.13. The largest absolute Gasteiger partial charge is 0.355 e. The van der Waals surface area contributed by atoms with E-state index in [1.165, 1.54) is 5.56 Å². The van der Waals surface area contributed by atoms with Crippen molar-refractivity contribution in [1.29, 1.82) is 0 Å². The summed E-state index contributed by atoms with van der Waals surface area (Å²) in [6, 6.07) is 18.4. The SMILES string of the molecule is CC(Nc1ncc(-c2ccccc2)s1)c1ccc(NC(=O)C2CC2)cc1. The normalized spacial score (nSPS) is 14.7. The molecule has 132 valence electrons. The Morgan fingerprint density at radius 1 is 1.12 bits per heavy atom. The van der Waals surface area contributed by atoms with Crippen molar-refractivity contribution in [3.8, 4) is 10.4 Å². The summed E-state index contributed by atoms with van der Waals surface area (Å²) in [7, 11) is 0. The Morgan fingerprint density at radius 3 is 2.54 bits per heavy atom. The molecule has 1 fully saturated rings. The van der Waals surface area contributed by atoms with Crippen LogP contribution in [-0.4, -0.2) is 10.9 Å². The fourth-order valence-electron chi connectivity index (χ4n) is 2.79. The number of thiazole rings is 1. The highest BCUT2D eigenvalue weighted by molar-refractivity contribution is 7.18. The molecule has 0 spiro atoms. The van der Waals surface area contributed by atoms with Crippen LogP contribution in [0.15, 0.2) is 60.8 Å². The molecule has 2 aromatic carbocycles. The molecule has 1 aliphatic carbocycles. The second kappa shape index (κ2) is 7.30. The van der Waals surface area contributed by atoms with Crippen molar-refractivity contribution in [3.63, 3.8) is 0 Å². The molecule has 0 bridgehead atoms. The molecule has 1 atom stereocenters. The van der Waals surface area contributed by atoms with Gasteiger partial charge in [-0.3, -0.25) is 4.79 Å². The van der Waals surface area contributed by atoms with Crippen LogP contribution >= 0.6 is 11.3 Å². The zero-order chi connectivity index (χ0) is 17.9. The van der Waals surface area contributed by atoms with Gasteiger partial charge in [-0.1, -0.05) is 53.8 Å². The van der Waals surface area contributed by atoms with Gasteiger partial charge in [-0.2, -0.15) is 0 Å². The van der Waals surface area contributed by atoms with Crippen LogP contribution in [0, 0.1) is 5.92 Å². The van der Waals surface area contributed by atoms with Crippen LogP contribution < -0.4 is 10.6 Å². The van der Waals surface area contributed by atoms with Crippen molar-refractivity contribution in [2.24, 2.45) is 5.92 Å². The van der Waals surface area contributed by atoms with Crippen molar-refractivity contribution in [2.45, 2.75) is 25.8 Å². The molecule has 0 saturated heterocycles. The van der Waals surface area contributed by atoms with Gasteiger partial charge in [0.15, 0.2) is 5.13 Å². The second-order valence-corrected chi connectivity index (χ2v) is 7.68. The van der Waals surface area contributed by atoms with Crippen molar-refractivity contribution in [3.05, 3.63) is 66.4 Å². The van der Waals surface area contributed by atoms with Gasteiger partial charge in [-0.25, -0.2) is 4.98 Å². The van der Waals surface area contributed by atoms with Gasteiger partial charge in [0.2, 0.25) is 5.91 Å². The summed E-state index contributed by atoms with van der Waals surface area (Å²) in [6.07, 6.45) is 3.94. The van der Waals surface area contributed by atoms with Crippen LogP contribution in [0.2, 0.25) is 0 Å². The molecule has 0 aliphatic heterocycles. The fourth-order valence-corrected chi connectivity index (χ4v) is 3.70. The number of hydrogen-bond acceptors (Lipinski definition) is 4. The van der Waals surface area contributed by atoms with Gasteiger partial charge in [0.05, 0.1) is 10.9 Å². The number of hydrogen-bond donors (Lipinski definition) is 2. The highest BCUT2D eigenvalue weighted by Crippen LogP contribution is 2.32. The first-order chi connectivity index (χ1) is 12.7. The van der Waals surface area contributed by atoms with Crippen LogP contribution in [0.4, 0.5) is 10.8 Å². The summed E-state index contributed by atoms with van der Waals surface area (Å²) in [6.45, 7) is 2.11. The van der Waals surface area contributed by atoms with E-state index in [0.29, 0.717) is 0 Å². The summed E-state index contributed by atoms with van der Waals surface area (Å²) in [5, 5.41) is 7.33. The van der Waals surface area contributed by atoms with E-state index in [2.05, 4.69) is 34.7 Å². The van der Waals surface area contributed by atoms with Gasteiger partial charge in [0, 0.05) is 17.8 Å². The van der Waals surface area contributed by atoms with E-state index < -0.39 is 0 Å². The molecule has 2 N–H and O–H groups in total. The Bertz CT molecular complexity index is 885. The molecule has 1 aliphatic rings. The number of anilines is 2. The van der Waals surface area contributed by atoms with Gasteiger partial charge in [0.1, 0.15) is 0 Å². The minimum Gasteiger partial charge on any atom is -0.355 e. The maximum atomic E-state index is 11.8. The van der Waals surface area contributed by atoms with E-state index in [0.717, 1.165) is 34.1 Å². The van der Waals surface area contributed by atoms with Gasteiger partial charge >= 0.3 is 0 Å². The number of nitrogens with zero attached hydrogens (tertiary/aromatic N) is 1. The van der Waals surface area contributed by atoms with E-state index in [1.807, 2.05) is 48.7 Å². The highest BCUT2D eigenvalue weighted by Gasteiger charge is 2.29. The first-order valence-electron chi connectivity index (χ1n) is 8.87. The van der Waals surface area contributed by atoms with E-state index in [4.69, 9.17) is 0 Å². The molecule has 1 unspecified atom stereocenters. The predicted octanol–water partition coefficient (Wildman–Crippen LogP) is 5.33. The lowest BCUT2D eigenvalue weighted by Gasteiger charge is -2.14. The lowest BCUT2D eigenvalue weighted by atomic mass is 10.1. The van der Waals surface area contributed by atoms with Crippen molar-refractivity contribution in [1.82, 2.24) is 4.98 Å². The fraction of sp³-hybridized carbons (Fsp3) is 0.238. The number of amides is 1. The minimum absolute atomic E-state index is 0.137. The van der Waals surface area contributed by atoms with Crippen LogP contribution in [0.5, 0.6) is 0 Å². The molecule has 1 heterocycles. The Balaban J connectivity index is 1.39. The molecule has 1 amide bonds. The summed E-state index contributed by atoms with van der Waals surface area (Å²) in [5.74, 6) is 0.360. The van der Waals surface area contributed by atoms with Gasteiger partial charge < -0.3 is 10.6 Å². The second-order valence-electron chi connectivity index (χ2n) is 6.65. The molecule has 1 saturated carbocycles. The van der Waals surface area contributed by atoms with Crippen LogP contribution in [0.3, 0.4) is 0 Å². The van der Waals surface area contributed by atoms with Gasteiger partial charge in [0.25, 0.3) is 0 Å². The Labute approximate surface area is 157 Å². The van der Waals surface area contributed by atoms with Crippen molar-refractivity contribution < 1.29 is 4.79 Å². The summed E-state index contributed by atoms with van der Waals surface area (Å²) in [5.41, 5.74) is 3.20. The Morgan fingerprint density at radius 2 is 1.85 bits per heavy atom. The average molecular weight is 363 g/mol. The Kier molecular flexibility index (Phi) is 4.71. The molecular weight excluding hydrogens is 342 g/mol. The molecule has 0 radical (unpaired) electrons. The molecule has 3 aromatic rings.